The molecule has 0 aliphatic rings. The molecule has 0 heterocycles. The van der Waals surface area contributed by atoms with E-state index < -0.39 is 0 Å². The molecule has 0 aromatic heterocycles. The van der Waals surface area contributed by atoms with Crippen LogP contribution < -0.4 is 10.2 Å². The van der Waals surface area contributed by atoms with Crippen molar-refractivity contribution < 1.29 is 9.59 Å². The Morgan fingerprint density at radius 1 is 1.12 bits per heavy atom. The molecule has 0 aliphatic carbocycles. The normalized spacial score (nSPS) is 10.4. The van der Waals surface area contributed by atoms with E-state index in [0.717, 1.165) is 28.9 Å². The van der Waals surface area contributed by atoms with Gasteiger partial charge in [0.15, 0.2) is 0 Å². The molecule has 0 atom stereocenters. The highest BCUT2D eigenvalue weighted by molar-refractivity contribution is 6.30. The van der Waals surface area contributed by atoms with Crippen molar-refractivity contribution in [1.82, 2.24) is 0 Å². The quantitative estimate of drug-likeness (QED) is 0.820. The molecular weight excluding hydrogens is 336 g/mol. The largest absolute Gasteiger partial charge is 0.326 e. The number of rotatable bonds is 6. The second-order valence-electron chi connectivity index (χ2n) is 5.91. The first-order valence-electron chi connectivity index (χ1n) is 8.34. The lowest BCUT2D eigenvalue weighted by Gasteiger charge is -2.21. The Morgan fingerprint density at radius 3 is 2.40 bits per heavy atom. The average molecular weight is 359 g/mol. The van der Waals surface area contributed by atoms with Crippen LogP contribution in [0.4, 0.5) is 11.4 Å². The summed E-state index contributed by atoms with van der Waals surface area (Å²) in [6.45, 7) is 5.84. The highest BCUT2D eigenvalue weighted by atomic mass is 35.5. The molecule has 2 amide bonds. The van der Waals surface area contributed by atoms with Gasteiger partial charge < -0.3 is 10.2 Å². The molecular formula is C20H23ClN2O2. The summed E-state index contributed by atoms with van der Waals surface area (Å²) < 4.78 is 0. The highest BCUT2D eigenvalue weighted by Crippen LogP contribution is 2.22. The van der Waals surface area contributed by atoms with Gasteiger partial charge >= 0.3 is 0 Å². The number of nitrogens with one attached hydrogen (secondary N) is 1. The fourth-order valence-electron chi connectivity index (χ4n) is 2.71. The Balaban J connectivity index is 2.05. The molecule has 0 spiro atoms. The summed E-state index contributed by atoms with van der Waals surface area (Å²) in [5.41, 5.74) is 3.74. The number of para-hydroxylation sites is 1. The number of amides is 2. The Hall–Kier alpha value is -2.33. The van der Waals surface area contributed by atoms with Crippen LogP contribution in [0.2, 0.25) is 5.02 Å². The Kier molecular flexibility index (Phi) is 6.59. The lowest BCUT2D eigenvalue weighted by Crippen LogP contribution is -2.32. The first kappa shape index (κ1) is 19.0. The highest BCUT2D eigenvalue weighted by Gasteiger charge is 2.14. The molecule has 2 aromatic carbocycles. The molecule has 1 N–H and O–H groups in total. The molecule has 0 radical (unpaired) electrons. The van der Waals surface area contributed by atoms with E-state index in [4.69, 9.17) is 11.6 Å². The smallest absolute Gasteiger partial charge is 0.226 e. The maximum Gasteiger partial charge on any atom is 0.226 e. The monoisotopic (exact) mass is 358 g/mol. The third-order valence-corrected chi connectivity index (χ3v) is 4.34. The van der Waals surface area contributed by atoms with E-state index in [1.54, 1.807) is 29.2 Å². The van der Waals surface area contributed by atoms with Crippen molar-refractivity contribution >= 4 is 34.8 Å². The fourth-order valence-corrected chi connectivity index (χ4v) is 2.83. The van der Waals surface area contributed by atoms with Gasteiger partial charge in [0, 0.05) is 36.3 Å². The third kappa shape index (κ3) is 5.07. The van der Waals surface area contributed by atoms with Crippen molar-refractivity contribution in [2.45, 2.75) is 33.6 Å². The van der Waals surface area contributed by atoms with Crippen LogP contribution in [0, 0.1) is 6.92 Å². The number of hydrogen-bond acceptors (Lipinski definition) is 2. The van der Waals surface area contributed by atoms with Crippen LogP contribution in [0.15, 0.2) is 42.5 Å². The molecule has 4 nitrogen and oxygen atoms in total. The molecule has 0 aliphatic heterocycles. The van der Waals surface area contributed by atoms with Crippen LogP contribution in [0.1, 0.15) is 31.4 Å². The summed E-state index contributed by atoms with van der Waals surface area (Å²) in [6.07, 6.45) is 1.07. The number of hydrogen-bond donors (Lipinski definition) is 1. The van der Waals surface area contributed by atoms with Gasteiger partial charge in [0.1, 0.15) is 0 Å². The molecule has 132 valence electrons. The van der Waals surface area contributed by atoms with Gasteiger partial charge in [0.25, 0.3) is 0 Å². The standard InChI is InChI=1S/C20H23ClN2O2/c1-4-16-7-5-6-14(2)20(16)22-19(25)12-13-23(15(3)24)18-10-8-17(21)9-11-18/h5-11H,4,12-13H2,1-3H3,(H,22,25). The third-order valence-electron chi connectivity index (χ3n) is 4.09. The van der Waals surface area contributed by atoms with Gasteiger partial charge in [-0.1, -0.05) is 36.7 Å². The van der Waals surface area contributed by atoms with Gasteiger partial charge in [0.2, 0.25) is 11.8 Å². The Labute approximate surface area is 153 Å². The zero-order chi connectivity index (χ0) is 18.4. The maximum atomic E-state index is 12.4. The summed E-state index contributed by atoms with van der Waals surface area (Å²) in [4.78, 5) is 25.9. The summed E-state index contributed by atoms with van der Waals surface area (Å²) in [5, 5.41) is 3.59. The molecule has 25 heavy (non-hydrogen) atoms. The van der Waals surface area contributed by atoms with Crippen molar-refractivity contribution in [3.05, 3.63) is 58.6 Å². The van der Waals surface area contributed by atoms with Crippen LogP contribution in [0.25, 0.3) is 0 Å². The molecule has 0 unspecified atom stereocenters. The number of carbonyl (C=O) groups excluding carboxylic acids is 2. The summed E-state index contributed by atoms with van der Waals surface area (Å²) in [5.74, 6) is -0.218. The van der Waals surface area contributed by atoms with Gasteiger partial charge in [-0.05, 0) is 48.7 Å². The van der Waals surface area contributed by atoms with E-state index in [9.17, 15) is 9.59 Å². The van der Waals surface area contributed by atoms with Crippen LogP contribution in [-0.2, 0) is 16.0 Å². The van der Waals surface area contributed by atoms with E-state index in [0.29, 0.717) is 11.6 Å². The molecule has 2 aromatic rings. The van der Waals surface area contributed by atoms with Crippen LogP contribution in [0.5, 0.6) is 0 Å². The van der Waals surface area contributed by atoms with Crippen LogP contribution >= 0.6 is 11.6 Å². The number of carbonyl (C=O) groups is 2. The minimum Gasteiger partial charge on any atom is -0.326 e. The number of anilines is 2. The SMILES string of the molecule is CCc1cccc(C)c1NC(=O)CCN(C(C)=O)c1ccc(Cl)cc1. The first-order chi connectivity index (χ1) is 11.9. The van der Waals surface area contributed by atoms with Crippen molar-refractivity contribution in [1.29, 1.82) is 0 Å². The minimum absolute atomic E-state index is 0.107. The number of nitrogens with zero attached hydrogens (tertiary/aromatic N) is 1. The van der Waals surface area contributed by atoms with Gasteiger partial charge in [-0.25, -0.2) is 0 Å². The zero-order valence-electron chi connectivity index (χ0n) is 14.8. The predicted octanol–water partition coefficient (Wildman–Crippen LogP) is 4.59. The molecule has 5 heteroatoms. The van der Waals surface area contributed by atoms with Crippen LogP contribution in [0.3, 0.4) is 0 Å². The fraction of sp³-hybridized carbons (Fsp3) is 0.300. The Morgan fingerprint density at radius 2 is 1.80 bits per heavy atom. The van der Waals surface area contributed by atoms with E-state index in [2.05, 4.69) is 12.2 Å². The second kappa shape index (κ2) is 8.67. The molecule has 0 fully saturated rings. The van der Waals surface area contributed by atoms with Crippen molar-refractivity contribution in [3.63, 3.8) is 0 Å². The van der Waals surface area contributed by atoms with Gasteiger partial charge in [-0.3, -0.25) is 9.59 Å². The van der Waals surface area contributed by atoms with Crippen molar-refractivity contribution in [2.75, 3.05) is 16.8 Å². The molecule has 2 rings (SSSR count). The van der Waals surface area contributed by atoms with E-state index in [1.807, 2.05) is 25.1 Å². The zero-order valence-corrected chi connectivity index (χ0v) is 15.6. The summed E-state index contributed by atoms with van der Waals surface area (Å²) >= 11 is 5.89. The number of halogens is 1. The lowest BCUT2D eigenvalue weighted by molar-refractivity contribution is -0.117. The predicted molar refractivity (Wildman–Crippen MR) is 103 cm³/mol. The van der Waals surface area contributed by atoms with E-state index >= 15 is 0 Å². The van der Waals surface area contributed by atoms with E-state index in [1.165, 1.54) is 6.92 Å². The van der Waals surface area contributed by atoms with Gasteiger partial charge in [-0.15, -0.1) is 0 Å². The lowest BCUT2D eigenvalue weighted by atomic mass is 10.1. The number of benzene rings is 2. The molecule has 0 saturated heterocycles. The average Bonchev–Trinajstić information content (AvgIpc) is 2.58. The van der Waals surface area contributed by atoms with Crippen LogP contribution in [-0.4, -0.2) is 18.4 Å². The maximum absolute atomic E-state index is 12.4. The minimum atomic E-state index is -0.111. The number of aryl methyl sites for hydroxylation is 2. The van der Waals surface area contributed by atoms with Gasteiger partial charge in [0.05, 0.1) is 0 Å². The topological polar surface area (TPSA) is 49.4 Å². The Bertz CT molecular complexity index is 757. The summed E-state index contributed by atoms with van der Waals surface area (Å²) in [6, 6.07) is 13.0. The van der Waals surface area contributed by atoms with Crippen molar-refractivity contribution in [2.24, 2.45) is 0 Å². The first-order valence-corrected chi connectivity index (χ1v) is 8.72. The molecule has 0 bridgehead atoms. The summed E-state index contributed by atoms with van der Waals surface area (Å²) in [7, 11) is 0. The van der Waals surface area contributed by atoms with Crippen molar-refractivity contribution in [3.8, 4) is 0 Å². The van der Waals surface area contributed by atoms with E-state index in [-0.39, 0.29) is 18.2 Å². The van der Waals surface area contributed by atoms with Gasteiger partial charge in [-0.2, -0.15) is 0 Å². The second-order valence-corrected chi connectivity index (χ2v) is 6.34. The molecule has 0 saturated carbocycles.